The maximum Gasteiger partial charge on any atom is 0.253 e. The maximum atomic E-state index is 14.4. The van der Waals surface area contributed by atoms with E-state index in [0.717, 1.165) is 27.9 Å². The quantitative estimate of drug-likeness (QED) is 0.421. The Balaban J connectivity index is 1.69. The first kappa shape index (κ1) is 31.6. The predicted molar refractivity (Wildman–Crippen MR) is 163 cm³/mol. The summed E-state index contributed by atoms with van der Waals surface area (Å²) < 4.78 is 5.44. The van der Waals surface area contributed by atoms with Crippen molar-refractivity contribution in [3.63, 3.8) is 0 Å². The Kier molecular flexibility index (Phi) is 8.82. The van der Waals surface area contributed by atoms with Crippen molar-refractivity contribution in [3.05, 3.63) is 29.5 Å². The highest BCUT2D eigenvalue weighted by Crippen LogP contribution is 2.44. The fourth-order valence-electron chi connectivity index (χ4n) is 6.11. The number of imide groups is 1. The Bertz CT molecular complexity index is 1360. The van der Waals surface area contributed by atoms with Gasteiger partial charge >= 0.3 is 0 Å². The molecule has 1 aromatic carbocycles. The average molecular weight is 581 g/mol. The van der Waals surface area contributed by atoms with Crippen LogP contribution in [0.3, 0.4) is 0 Å². The van der Waals surface area contributed by atoms with E-state index in [-0.39, 0.29) is 35.6 Å². The number of benzene rings is 1. The normalized spacial score (nSPS) is 21.0. The zero-order valence-electron chi connectivity index (χ0n) is 26.7. The van der Waals surface area contributed by atoms with Crippen LogP contribution >= 0.6 is 0 Å². The standard InChI is InChI=1S/C33H48N4O5/c1-19(2)16-25-27-22(21-14-13-20(42-9)17-23(21)35-27)18-26-29(39)37(31(41)33(6,7)8)24(28(38)36(25)26)12-10-11-15-34-30(40)32(3,4)5/h13-14,17,19,24-26,35H,10-12,15-16,18H2,1-9H3,(H,34,40)/t24-,25-,26-/m0/s1. The molecule has 3 atom stereocenters. The van der Waals surface area contributed by atoms with Crippen molar-refractivity contribution < 1.29 is 23.9 Å². The van der Waals surface area contributed by atoms with Gasteiger partial charge in [-0.15, -0.1) is 0 Å². The number of nitrogens with one attached hydrogen (secondary N) is 2. The highest BCUT2D eigenvalue weighted by Gasteiger charge is 2.54. The van der Waals surface area contributed by atoms with Crippen molar-refractivity contribution in [1.29, 1.82) is 0 Å². The summed E-state index contributed by atoms with van der Waals surface area (Å²) in [6.07, 6.45) is 2.62. The molecule has 4 rings (SSSR count). The summed E-state index contributed by atoms with van der Waals surface area (Å²) in [7, 11) is 1.63. The number of amides is 4. The molecule has 0 aliphatic carbocycles. The molecule has 2 aromatic rings. The number of hydrogen-bond acceptors (Lipinski definition) is 5. The summed E-state index contributed by atoms with van der Waals surface area (Å²) in [5.41, 5.74) is 1.58. The molecular formula is C33H48N4O5. The number of nitrogens with zero attached hydrogens (tertiary/aromatic N) is 2. The van der Waals surface area contributed by atoms with Crippen LogP contribution in [0.2, 0.25) is 0 Å². The third kappa shape index (κ3) is 6.06. The number of carbonyl (C=O) groups is 4. The van der Waals surface area contributed by atoms with Crippen molar-refractivity contribution in [1.82, 2.24) is 20.1 Å². The van der Waals surface area contributed by atoms with Gasteiger partial charge in [0.05, 0.1) is 13.2 Å². The van der Waals surface area contributed by atoms with Gasteiger partial charge in [0.15, 0.2) is 0 Å². The van der Waals surface area contributed by atoms with E-state index in [0.29, 0.717) is 38.6 Å². The molecule has 4 amide bonds. The predicted octanol–water partition coefficient (Wildman–Crippen LogP) is 5.13. The third-order valence-electron chi connectivity index (χ3n) is 8.35. The van der Waals surface area contributed by atoms with E-state index in [4.69, 9.17) is 4.74 Å². The Morgan fingerprint density at radius 3 is 2.31 bits per heavy atom. The molecule has 0 spiro atoms. The minimum atomic E-state index is -0.875. The van der Waals surface area contributed by atoms with Gasteiger partial charge in [0.25, 0.3) is 5.91 Å². The topological polar surface area (TPSA) is 112 Å². The van der Waals surface area contributed by atoms with E-state index in [1.54, 1.807) is 32.8 Å². The van der Waals surface area contributed by atoms with E-state index >= 15 is 0 Å². The van der Waals surface area contributed by atoms with Crippen LogP contribution in [0.25, 0.3) is 10.9 Å². The lowest BCUT2D eigenvalue weighted by molar-refractivity contribution is -0.174. The Hall–Kier alpha value is -3.36. The Morgan fingerprint density at radius 1 is 1.02 bits per heavy atom. The molecule has 9 heteroatoms. The van der Waals surface area contributed by atoms with Crippen LogP contribution in [0.4, 0.5) is 0 Å². The van der Waals surface area contributed by atoms with Crippen molar-refractivity contribution >= 4 is 34.5 Å². The minimum absolute atomic E-state index is 0.0320. The number of piperazine rings is 1. The van der Waals surface area contributed by atoms with Gasteiger partial charge in [-0.2, -0.15) is 0 Å². The van der Waals surface area contributed by atoms with Gasteiger partial charge in [-0.1, -0.05) is 55.4 Å². The minimum Gasteiger partial charge on any atom is -0.497 e. The summed E-state index contributed by atoms with van der Waals surface area (Å²) in [6, 6.07) is 3.92. The number of hydrogen-bond donors (Lipinski definition) is 2. The highest BCUT2D eigenvalue weighted by molar-refractivity contribution is 6.08. The van der Waals surface area contributed by atoms with Gasteiger partial charge in [0.1, 0.15) is 17.8 Å². The maximum absolute atomic E-state index is 14.4. The summed E-state index contributed by atoms with van der Waals surface area (Å²) in [5, 5.41) is 3.96. The molecule has 0 bridgehead atoms. The van der Waals surface area contributed by atoms with Gasteiger partial charge in [-0.25, -0.2) is 0 Å². The van der Waals surface area contributed by atoms with E-state index in [9.17, 15) is 19.2 Å². The molecule has 1 fully saturated rings. The van der Waals surface area contributed by atoms with E-state index in [1.807, 2.05) is 39.0 Å². The number of unbranched alkanes of at least 4 members (excludes halogenated alkanes) is 1. The number of methoxy groups -OCH3 is 1. The number of aromatic nitrogens is 1. The molecule has 0 saturated carbocycles. The Labute approximate surface area is 249 Å². The van der Waals surface area contributed by atoms with Gasteiger partial charge in [0, 0.05) is 46.5 Å². The molecule has 42 heavy (non-hydrogen) atoms. The van der Waals surface area contributed by atoms with Crippen molar-refractivity contribution in [3.8, 4) is 5.75 Å². The average Bonchev–Trinajstić information content (AvgIpc) is 3.26. The highest BCUT2D eigenvalue weighted by atomic mass is 16.5. The van der Waals surface area contributed by atoms with Crippen molar-refractivity contribution in [2.45, 2.75) is 106 Å². The number of carbonyl (C=O) groups excluding carboxylic acids is 4. The summed E-state index contributed by atoms with van der Waals surface area (Å²) >= 11 is 0. The lowest BCUT2D eigenvalue weighted by Gasteiger charge is -2.50. The molecule has 3 heterocycles. The second-order valence-electron chi connectivity index (χ2n) is 14.3. The van der Waals surface area contributed by atoms with Crippen LogP contribution in [0.5, 0.6) is 5.75 Å². The molecule has 0 radical (unpaired) electrons. The number of H-pyrrole nitrogens is 1. The second-order valence-corrected chi connectivity index (χ2v) is 14.3. The van der Waals surface area contributed by atoms with Crippen LogP contribution in [0.1, 0.15) is 98.4 Å². The summed E-state index contributed by atoms with van der Waals surface area (Å²) in [6.45, 7) is 15.6. The summed E-state index contributed by atoms with van der Waals surface area (Å²) in [4.78, 5) is 61.4. The zero-order chi connectivity index (χ0) is 31.1. The van der Waals surface area contributed by atoms with E-state index in [1.165, 1.54) is 4.90 Å². The van der Waals surface area contributed by atoms with Gasteiger partial charge in [-0.3, -0.25) is 24.1 Å². The molecule has 230 valence electrons. The fourth-order valence-corrected chi connectivity index (χ4v) is 6.11. The summed E-state index contributed by atoms with van der Waals surface area (Å²) in [5.74, 6) is 0.153. The van der Waals surface area contributed by atoms with E-state index in [2.05, 4.69) is 24.1 Å². The lowest BCUT2D eigenvalue weighted by Crippen LogP contribution is -2.69. The van der Waals surface area contributed by atoms with Crippen LogP contribution in [-0.2, 0) is 25.6 Å². The molecule has 1 saturated heterocycles. The van der Waals surface area contributed by atoms with Gasteiger partial charge in [-0.05, 0) is 49.3 Å². The smallest absolute Gasteiger partial charge is 0.253 e. The second kappa shape index (κ2) is 11.7. The molecule has 9 nitrogen and oxygen atoms in total. The number of rotatable bonds is 8. The first-order valence-electron chi connectivity index (χ1n) is 15.2. The number of ether oxygens (including phenoxy) is 1. The fraction of sp³-hybridized carbons (Fsp3) is 0.636. The van der Waals surface area contributed by atoms with Crippen LogP contribution in [-0.4, -0.2) is 64.2 Å². The SMILES string of the molecule is COc1ccc2c3c([nH]c2c1)[C@H](CC(C)C)N1C(=O)[C@H](CCCCNC(=O)C(C)(C)C)N(C(=O)C(C)(C)C)C(=O)[C@@H]1C3. The van der Waals surface area contributed by atoms with Crippen LogP contribution in [0.15, 0.2) is 18.2 Å². The van der Waals surface area contributed by atoms with Crippen LogP contribution < -0.4 is 10.1 Å². The van der Waals surface area contributed by atoms with Crippen LogP contribution in [0, 0.1) is 16.7 Å². The van der Waals surface area contributed by atoms with Crippen molar-refractivity contribution in [2.24, 2.45) is 16.7 Å². The first-order valence-corrected chi connectivity index (χ1v) is 15.2. The van der Waals surface area contributed by atoms with Crippen molar-refractivity contribution in [2.75, 3.05) is 13.7 Å². The monoisotopic (exact) mass is 580 g/mol. The number of fused-ring (bicyclic) bond motifs is 4. The van der Waals surface area contributed by atoms with E-state index < -0.39 is 22.9 Å². The van der Waals surface area contributed by atoms with Gasteiger partial charge in [0.2, 0.25) is 17.7 Å². The molecule has 0 unspecified atom stereocenters. The Morgan fingerprint density at radius 2 is 1.71 bits per heavy atom. The zero-order valence-corrected chi connectivity index (χ0v) is 26.7. The third-order valence-corrected chi connectivity index (χ3v) is 8.35. The largest absolute Gasteiger partial charge is 0.497 e. The molecular weight excluding hydrogens is 532 g/mol. The lowest BCUT2D eigenvalue weighted by atomic mass is 9.83. The van der Waals surface area contributed by atoms with Gasteiger partial charge < -0.3 is 19.9 Å². The first-order chi connectivity index (χ1) is 19.6. The molecule has 2 aliphatic rings. The number of aromatic amines is 1. The molecule has 2 N–H and O–H groups in total. The molecule has 1 aromatic heterocycles. The molecule has 2 aliphatic heterocycles.